The third-order valence-electron chi connectivity index (χ3n) is 6.14. The molecule has 1 heterocycles. The van der Waals surface area contributed by atoms with E-state index >= 15 is 0 Å². The van der Waals surface area contributed by atoms with E-state index in [0.29, 0.717) is 0 Å². The molecule has 3 aliphatic rings. The van der Waals surface area contributed by atoms with E-state index in [9.17, 15) is 0 Å². The van der Waals surface area contributed by atoms with Gasteiger partial charge in [-0.3, -0.25) is 0 Å². The van der Waals surface area contributed by atoms with Crippen LogP contribution < -0.4 is 0 Å². The molecule has 21 heavy (non-hydrogen) atoms. The van der Waals surface area contributed by atoms with Gasteiger partial charge in [-0.2, -0.15) is 0 Å². The van der Waals surface area contributed by atoms with E-state index < -0.39 is 0 Å². The maximum atomic E-state index is 2.35. The van der Waals surface area contributed by atoms with Crippen LogP contribution in [0.15, 0.2) is 0 Å². The Morgan fingerprint density at radius 2 is 1.62 bits per heavy atom. The Hall–Kier alpha value is 0.440. The Bertz CT molecular complexity index is 333. The zero-order valence-electron chi connectivity index (χ0n) is 13.8. The van der Waals surface area contributed by atoms with Crippen LogP contribution in [0.1, 0.15) is 77.6 Å². The summed E-state index contributed by atoms with van der Waals surface area (Å²) >= 11 is 4.38. The average molecular weight is 326 g/mol. The molecule has 1 aliphatic heterocycles. The van der Waals surface area contributed by atoms with Crippen LogP contribution in [-0.4, -0.2) is 15.7 Å². The van der Waals surface area contributed by atoms with Gasteiger partial charge in [-0.15, -0.1) is 0 Å². The highest BCUT2D eigenvalue weighted by molar-refractivity contribution is 8.23. The SMILES string of the molecule is CCC[C@H]1CC[C@H]([C@H]2CC[C@H](C3=[S+]CCCS3)CC2)CC1. The van der Waals surface area contributed by atoms with E-state index in [-0.39, 0.29) is 0 Å². The van der Waals surface area contributed by atoms with Gasteiger partial charge in [-0.25, -0.2) is 0 Å². The molecule has 0 radical (unpaired) electrons. The molecular formula is C19H33S2+. The fourth-order valence-corrected chi connectivity index (χ4v) is 7.80. The highest BCUT2D eigenvalue weighted by Crippen LogP contribution is 2.43. The summed E-state index contributed by atoms with van der Waals surface area (Å²) in [5, 5.41) is 0. The standard InChI is InChI=1S/C19H33S2/c1-2-4-15-5-7-16(8-6-15)17-9-11-18(12-10-17)19-20-13-3-14-21-19/h15-18H,2-14H2,1H3/q+1/t15-,16-,17-,18-. The van der Waals surface area contributed by atoms with Gasteiger partial charge >= 0.3 is 0 Å². The molecule has 2 saturated carbocycles. The van der Waals surface area contributed by atoms with Crippen LogP contribution in [0.3, 0.4) is 0 Å². The van der Waals surface area contributed by atoms with Crippen molar-refractivity contribution in [2.45, 2.75) is 77.6 Å². The first-order chi connectivity index (χ1) is 10.4. The number of thioether (sulfide) groups is 1. The lowest BCUT2D eigenvalue weighted by molar-refractivity contribution is 0.156. The lowest BCUT2D eigenvalue weighted by atomic mass is 9.69. The maximum absolute atomic E-state index is 2.35. The van der Waals surface area contributed by atoms with Crippen molar-refractivity contribution >= 4 is 27.3 Å². The van der Waals surface area contributed by atoms with Crippen LogP contribution in [0.2, 0.25) is 0 Å². The van der Waals surface area contributed by atoms with Gasteiger partial charge in [-0.1, -0.05) is 44.4 Å². The molecule has 2 fully saturated rings. The predicted molar refractivity (Wildman–Crippen MR) is 100 cm³/mol. The highest BCUT2D eigenvalue weighted by atomic mass is 32.2. The van der Waals surface area contributed by atoms with Crippen LogP contribution in [-0.2, 0) is 11.4 Å². The van der Waals surface area contributed by atoms with Gasteiger partial charge in [0.05, 0.1) is 0 Å². The molecule has 0 aromatic rings. The lowest BCUT2D eigenvalue weighted by Crippen LogP contribution is -2.28. The van der Waals surface area contributed by atoms with Crippen molar-refractivity contribution in [3.8, 4) is 0 Å². The molecule has 0 saturated heterocycles. The Labute approximate surface area is 140 Å². The molecule has 0 atom stereocenters. The van der Waals surface area contributed by atoms with Gasteiger partial charge in [-0.05, 0) is 56.3 Å². The monoisotopic (exact) mass is 325 g/mol. The quantitative estimate of drug-likeness (QED) is 0.468. The Morgan fingerprint density at radius 3 is 2.19 bits per heavy atom. The summed E-state index contributed by atoms with van der Waals surface area (Å²) in [5.41, 5.74) is 0. The van der Waals surface area contributed by atoms with Crippen LogP contribution in [0.4, 0.5) is 0 Å². The van der Waals surface area contributed by atoms with E-state index in [0.717, 1.165) is 23.7 Å². The topological polar surface area (TPSA) is 0 Å². The summed E-state index contributed by atoms with van der Waals surface area (Å²) < 4.78 is 1.81. The van der Waals surface area contributed by atoms with Gasteiger partial charge in [0, 0.05) is 18.1 Å². The highest BCUT2D eigenvalue weighted by Gasteiger charge is 2.35. The molecule has 0 bridgehead atoms. The van der Waals surface area contributed by atoms with Crippen molar-refractivity contribution in [3.63, 3.8) is 0 Å². The molecule has 2 heteroatoms. The molecule has 0 nitrogen and oxygen atoms in total. The number of hydrogen-bond acceptors (Lipinski definition) is 1. The molecule has 0 aromatic heterocycles. The molecule has 120 valence electrons. The number of hydrogen-bond donors (Lipinski definition) is 0. The van der Waals surface area contributed by atoms with E-state index in [2.05, 4.69) is 30.0 Å². The zero-order chi connectivity index (χ0) is 14.5. The van der Waals surface area contributed by atoms with Crippen LogP contribution in [0, 0.1) is 23.7 Å². The minimum absolute atomic E-state index is 0.966. The average Bonchev–Trinajstić information content (AvgIpc) is 2.57. The largest absolute Gasteiger partial charge is 0.237 e. The van der Waals surface area contributed by atoms with Gasteiger partial charge in [0.2, 0.25) is 4.20 Å². The van der Waals surface area contributed by atoms with Crippen molar-refractivity contribution in [2.24, 2.45) is 23.7 Å². The van der Waals surface area contributed by atoms with E-state index in [1.165, 1.54) is 43.6 Å². The van der Waals surface area contributed by atoms with Gasteiger partial charge < -0.3 is 0 Å². The minimum atomic E-state index is 0.966. The fraction of sp³-hybridized carbons (Fsp3) is 0.947. The molecule has 0 amide bonds. The smallest absolute Gasteiger partial charge is 0.0694 e. The number of rotatable bonds is 4. The second kappa shape index (κ2) is 8.34. The molecule has 0 aromatic carbocycles. The fourth-order valence-electron chi connectivity index (χ4n) is 4.86. The summed E-state index contributed by atoms with van der Waals surface area (Å²) in [6, 6.07) is 0. The van der Waals surface area contributed by atoms with E-state index in [1.54, 1.807) is 38.5 Å². The first kappa shape index (κ1) is 16.3. The molecule has 0 unspecified atom stereocenters. The first-order valence-corrected chi connectivity index (χ1v) is 11.5. The van der Waals surface area contributed by atoms with Crippen LogP contribution in [0.5, 0.6) is 0 Å². The molecule has 3 rings (SSSR count). The van der Waals surface area contributed by atoms with E-state index in [1.807, 2.05) is 4.20 Å². The zero-order valence-corrected chi connectivity index (χ0v) is 15.5. The summed E-state index contributed by atoms with van der Waals surface area (Å²) in [6.45, 7) is 2.35. The van der Waals surface area contributed by atoms with Crippen molar-refractivity contribution in [3.05, 3.63) is 0 Å². The van der Waals surface area contributed by atoms with Crippen molar-refractivity contribution in [2.75, 3.05) is 11.5 Å². The molecule has 0 spiro atoms. The summed E-state index contributed by atoms with van der Waals surface area (Å²) in [5.74, 6) is 7.01. The van der Waals surface area contributed by atoms with Gasteiger partial charge in [0.15, 0.2) is 17.1 Å². The van der Waals surface area contributed by atoms with Gasteiger partial charge in [0.1, 0.15) is 0 Å². The summed E-state index contributed by atoms with van der Waals surface area (Å²) in [4.78, 5) is 0. The Morgan fingerprint density at radius 1 is 0.952 bits per heavy atom. The summed E-state index contributed by atoms with van der Waals surface area (Å²) in [7, 11) is 0. The second-order valence-electron chi connectivity index (χ2n) is 7.55. The summed E-state index contributed by atoms with van der Waals surface area (Å²) in [6.07, 6.45) is 16.6. The predicted octanol–water partition coefficient (Wildman–Crippen LogP) is 5.75. The second-order valence-corrected chi connectivity index (χ2v) is 10.1. The maximum Gasteiger partial charge on any atom is 0.237 e. The van der Waals surface area contributed by atoms with E-state index in [4.69, 9.17) is 0 Å². The molecule has 2 aliphatic carbocycles. The molecular weight excluding hydrogens is 292 g/mol. The Kier molecular flexibility index (Phi) is 6.47. The third-order valence-corrected chi connectivity index (χ3v) is 9.07. The van der Waals surface area contributed by atoms with Crippen LogP contribution >= 0.6 is 11.8 Å². The lowest BCUT2D eigenvalue weighted by Gasteiger charge is -2.37. The normalized spacial score (nSPS) is 38.0. The van der Waals surface area contributed by atoms with Crippen molar-refractivity contribution in [1.82, 2.24) is 0 Å². The van der Waals surface area contributed by atoms with Gasteiger partial charge in [0.25, 0.3) is 0 Å². The third kappa shape index (κ3) is 4.47. The molecule has 0 N–H and O–H groups in total. The van der Waals surface area contributed by atoms with Crippen molar-refractivity contribution < 1.29 is 0 Å². The minimum Gasteiger partial charge on any atom is -0.0694 e. The Balaban J connectivity index is 1.42. The van der Waals surface area contributed by atoms with Crippen molar-refractivity contribution in [1.29, 1.82) is 0 Å². The first-order valence-electron chi connectivity index (χ1n) is 9.49. The van der Waals surface area contributed by atoms with Crippen LogP contribution in [0.25, 0.3) is 0 Å².